The van der Waals surface area contributed by atoms with Gasteiger partial charge in [-0.05, 0) is 6.07 Å². The fourth-order valence-electron chi connectivity index (χ4n) is 2.25. The van der Waals surface area contributed by atoms with Gasteiger partial charge in [0.15, 0.2) is 17.3 Å². The van der Waals surface area contributed by atoms with E-state index in [1.54, 1.807) is 54.6 Å². The minimum Gasteiger partial charge on any atom is -0.503 e. The average Bonchev–Trinajstić information content (AvgIpc) is 2.95. The summed E-state index contributed by atoms with van der Waals surface area (Å²) in [6.07, 6.45) is 0.799. The molecule has 1 heterocycles. The number of carbonyl (C=O) groups is 3. The number of nitrogens with zero attached hydrogens (tertiary/aromatic N) is 1. The molecule has 7 nitrogen and oxygen atoms in total. The molecule has 2 aromatic rings. The van der Waals surface area contributed by atoms with Gasteiger partial charge in [-0.15, -0.1) is 0 Å². The highest BCUT2D eigenvalue weighted by Gasteiger charge is 2.25. The molecule has 2 amide bonds. The van der Waals surface area contributed by atoms with Crippen LogP contribution >= 0.6 is 0 Å². The van der Waals surface area contributed by atoms with Crippen LogP contribution in [-0.4, -0.2) is 28.4 Å². The lowest BCUT2D eigenvalue weighted by Crippen LogP contribution is -2.25. The molecule has 0 atom stereocenters. The Morgan fingerprint density at radius 3 is 2.48 bits per heavy atom. The Kier molecular flexibility index (Phi) is 4.38. The zero-order valence-corrected chi connectivity index (χ0v) is 12.9. The van der Waals surface area contributed by atoms with E-state index in [0.717, 1.165) is 6.08 Å². The van der Waals surface area contributed by atoms with E-state index >= 15 is 0 Å². The fourth-order valence-corrected chi connectivity index (χ4v) is 2.25. The number of benzene rings is 2. The van der Waals surface area contributed by atoms with Crippen molar-refractivity contribution in [1.29, 1.82) is 0 Å². The molecular formula is C18H13N3O4. The van der Waals surface area contributed by atoms with E-state index in [-0.39, 0.29) is 5.71 Å². The molecule has 0 saturated carbocycles. The van der Waals surface area contributed by atoms with Crippen LogP contribution in [0, 0.1) is 0 Å². The number of fused-ring (bicyclic) bond motifs is 1. The predicted octanol–water partition coefficient (Wildman–Crippen LogP) is 1.78. The molecule has 0 fully saturated rings. The molecule has 2 aromatic carbocycles. The third kappa shape index (κ3) is 3.45. The van der Waals surface area contributed by atoms with Gasteiger partial charge in [0.2, 0.25) is 0 Å². The first kappa shape index (κ1) is 16.1. The minimum absolute atomic E-state index is 0.0196. The summed E-state index contributed by atoms with van der Waals surface area (Å²) in [5.41, 5.74) is 3.54. The van der Waals surface area contributed by atoms with E-state index in [9.17, 15) is 19.5 Å². The van der Waals surface area contributed by atoms with Crippen LogP contribution in [-0.2, 0) is 9.59 Å². The number of para-hydroxylation sites is 1. The van der Waals surface area contributed by atoms with Gasteiger partial charge in [0, 0.05) is 17.2 Å². The normalized spacial score (nSPS) is 14.8. The molecule has 0 radical (unpaired) electrons. The molecule has 1 aliphatic heterocycles. The number of hydrazone groups is 1. The fraction of sp³-hybridized carbons (Fsp3) is 0. The maximum Gasteiger partial charge on any atom is 0.306 e. The van der Waals surface area contributed by atoms with Crippen LogP contribution in [0.25, 0.3) is 0 Å². The van der Waals surface area contributed by atoms with Crippen molar-refractivity contribution in [3.05, 3.63) is 77.6 Å². The van der Waals surface area contributed by atoms with Crippen LogP contribution in [0.5, 0.6) is 0 Å². The second kappa shape index (κ2) is 6.79. The second-order valence-corrected chi connectivity index (χ2v) is 5.16. The number of anilines is 1. The zero-order valence-electron chi connectivity index (χ0n) is 12.9. The number of allylic oxidation sites excluding steroid dienone is 1. The number of rotatable bonds is 4. The smallest absolute Gasteiger partial charge is 0.306 e. The van der Waals surface area contributed by atoms with E-state index in [1.165, 1.54) is 0 Å². The maximum atomic E-state index is 11.9. The lowest BCUT2D eigenvalue weighted by molar-refractivity contribution is -0.119. The highest BCUT2D eigenvalue weighted by atomic mass is 16.3. The summed E-state index contributed by atoms with van der Waals surface area (Å²) in [7, 11) is 0. The van der Waals surface area contributed by atoms with E-state index in [1.807, 2.05) is 0 Å². The van der Waals surface area contributed by atoms with Gasteiger partial charge in [0.1, 0.15) is 0 Å². The Hall–Kier alpha value is -3.74. The summed E-state index contributed by atoms with van der Waals surface area (Å²) in [6.45, 7) is 0. The average molecular weight is 335 g/mol. The Balaban J connectivity index is 1.73. The van der Waals surface area contributed by atoms with Crippen molar-refractivity contribution in [2.75, 3.05) is 5.32 Å². The van der Waals surface area contributed by atoms with Crippen LogP contribution in [0.3, 0.4) is 0 Å². The third-order valence-corrected chi connectivity index (χ3v) is 3.47. The molecular weight excluding hydrogens is 322 g/mol. The summed E-state index contributed by atoms with van der Waals surface area (Å²) in [5.74, 6) is -2.78. The predicted molar refractivity (Wildman–Crippen MR) is 91.2 cm³/mol. The molecule has 0 spiro atoms. The Bertz CT molecular complexity index is 917. The number of carbonyl (C=O) groups excluding carboxylic acids is 3. The summed E-state index contributed by atoms with van der Waals surface area (Å²) in [5, 5.41) is 16.1. The molecule has 3 rings (SSSR count). The number of aliphatic hydroxyl groups is 1. The molecule has 7 heteroatoms. The van der Waals surface area contributed by atoms with Crippen molar-refractivity contribution in [3.8, 4) is 0 Å². The maximum absolute atomic E-state index is 11.9. The SMILES string of the molecule is O=C(N/N=C1\C(=O)Nc2ccccc21)/C(O)=C/C(=O)c1ccccc1. The Labute approximate surface area is 142 Å². The largest absolute Gasteiger partial charge is 0.503 e. The molecule has 0 aliphatic carbocycles. The van der Waals surface area contributed by atoms with E-state index < -0.39 is 23.4 Å². The van der Waals surface area contributed by atoms with Crippen molar-refractivity contribution >= 4 is 29.0 Å². The van der Waals surface area contributed by atoms with Gasteiger partial charge in [-0.2, -0.15) is 5.10 Å². The number of hydrogen-bond acceptors (Lipinski definition) is 5. The second-order valence-electron chi connectivity index (χ2n) is 5.16. The van der Waals surface area contributed by atoms with Gasteiger partial charge in [0.05, 0.1) is 5.69 Å². The molecule has 0 saturated heterocycles. The molecule has 25 heavy (non-hydrogen) atoms. The molecule has 3 N–H and O–H groups in total. The van der Waals surface area contributed by atoms with Crippen molar-refractivity contribution in [1.82, 2.24) is 5.43 Å². The lowest BCUT2D eigenvalue weighted by Gasteiger charge is -2.01. The molecule has 0 unspecified atom stereocenters. The van der Waals surface area contributed by atoms with Crippen molar-refractivity contribution in [3.63, 3.8) is 0 Å². The van der Waals surface area contributed by atoms with Crippen LogP contribution < -0.4 is 10.7 Å². The Morgan fingerprint density at radius 2 is 1.72 bits per heavy atom. The number of amides is 2. The molecule has 0 aromatic heterocycles. The van der Waals surface area contributed by atoms with Crippen LogP contribution in [0.4, 0.5) is 5.69 Å². The molecule has 0 bridgehead atoms. The van der Waals surface area contributed by atoms with Gasteiger partial charge in [-0.25, -0.2) is 5.43 Å². The highest BCUT2D eigenvalue weighted by Crippen LogP contribution is 2.22. The monoisotopic (exact) mass is 335 g/mol. The standard InChI is InChI=1S/C18H13N3O4/c22-14(11-6-2-1-3-7-11)10-15(23)17(24)21-20-16-12-8-4-5-9-13(12)19-18(16)25/h1-10,23H,(H,21,24)(H,19,20,25)/b15-10-. The first-order valence-corrected chi connectivity index (χ1v) is 7.35. The Morgan fingerprint density at radius 1 is 1.04 bits per heavy atom. The van der Waals surface area contributed by atoms with E-state index in [4.69, 9.17) is 0 Å². The summed E-state index contributed by atoms with van der Waals surface area (Å²) >= 11 is 0. The van der Waals surface area contributed by atoms with Crippen LogP contribution in [0.15, 0.2) is 71.5 Å². The molecule has 124 valence electrons. The number of nitrogens with one attached hydrogen (secondary N) is 2. The summed E-state index contributed by atoms with van der Waals surface area (Å²) in [4.78, 5) is 35.6. The third-order valence-electron chi connectivity index (χ3n) is 3.47. The lowest BCUT2D eigenvalue weighted by atomic mass is 10.1. The number of aliphatic hydroxyl groups excluding tert-OH is 1. The summed E-state index contributed by atoms with van der Waals surface area (Å²) < 4.78 is 0. The van der Waals surface area contributed by atoms with E-state index in [2.05, 4.69) is 15.8 Å². The molecule has 1 aliphatic rings. The van der Waals surface area contributed by atoms with Crippen molar-refractivity contribution in [2.45, 2.75) is 0 Å². The van der Waals surface area contributed by atoms with E-state index in [0.29, 0.717) is 16.8 Å². The van der Waals surface area contributed by atoms with Crippen molar-refractivity contribution < 1.29 is 19.5 Å². The topological polar surface area (TPSA) is 108 Å². The number of hydrogen-bond donors (Lipinski definition) is 3. The van der Waals surface area contributed by atoms with Crippen LogP contribution in [0.2, 0.25) is 0 Å². The van der Waals surface area contributed by atoms with Gasteiger partial charge in [0.25, 0.3) is 5.91 Å². The van der Waals surface area contributed by atoms with Gasteiger partial charge in [-0.3, -0.25) is 14.4 Å². The van der Waals surface area contributed by atoms with Crippen LogP contribution in [0.1, 0.15) is 15.9 Å². The van der Waals surface area contributed by atoms with Crippen molar-refractivity contribution in [2.24, 2.45) is 5.10 Å². The van der Waals surface area contributed by atoms with Gasteiger partial charge in [-0.1, -0.05) is 48.5 Å². The zero-order chi connectivity index (χ0) is 17.8. The van der Waals surface area contributed by atoms with Gasteiger partial charge < -0.3 is 10.4 Å². The summed E-state index contributed by atoms with van der Waals surface area (Å²) in [6, 6.07) is 15.1. The quantitative estimate of drug-likeness (QED) is 0.342. The first-order chi connectivity index (χ1) is 12.1. The highest BCUT2D eigenvalue weighted by molar-refractivity contribution is 6.53. The van der Waals surface area contributed by atoms with Gasteiger partial charge >= 0.3 is 5.91 Å². The first-order valence-electron chi connectivity index (χ1n) is 7.35. The minimum atomic E-state index is -0.992. The number of ketones is 1.